The minimum atomic E-state index is -0.953. The van der Waals surface area contributed by atoms with E-state index in [4.69, 9.17) is 4.99 Å². The molecular weight excluding hydrogens is 1110 g/mol. The summed E-state index contributed by atoms with van der Waals surface area (Å²) in [6.45, 7) is 2.71. The van der Waals surface area contributed by atoms with Gasteiger partial charge in [0, 0.05) is 93.4 Å². The molecular formula is C82H62N4S2. The molecule has 0 saturated carbocycles. The van der Waals surface area contributed by atoms with Crippen LogP contribution < -0.4 is 0 Å². The predicted molar refractivity (Wildman–Crippen MR) is 379 cm³/mol. The number of aliphatic imine (C=N–C) groups is 1. The van der Waals surface area contributed by atoms with Crippen LogP contribution in [0.3, 0.4) is 0 Å². The second-order valence-electron chi connectivity index (χ2n) is 22.9. The van der Waals surface area contributed by atoms with Gasteiger partial charge in [-0.2, -0.15) is 0 Å². The first-order chi connectivity index (χ1) is 43.4. The fraction of sp³-hybridized carbons (Fsp3) is 0.0732. The van der Waals surface area contributed by atoms with Crippen molar-refractivity contribution >= 4 is 102 Å². The first kappa shape index (κ1) is 54.4. The van der Waals surface area contributed by atoms with Crippen molar-refractivity contribution in [2.24, 2.45) is 4.99 Å². The zero-order valence-corrected chi connectivity index (χ0v) is 50.7. The molecule has 15 rings (SSSR count). The number of hydrogen-bond acceptors (Lipinski definition) is 3. The molecule has 0 saturated heterocycles. The molecule has 422 valence electrons. The van der Waals surface area contributed by atoms with Gasteiger partial charge >= 0.3 is 0 Å². The maximum Gasteiger partial charge on any atom is 0.154 e. The number of amidine groups is 2. The van der Waals surface area contributed by atoms with Crippen molar-refractivity contribution in [1.82, 2.24) is 9.47 Å². The highest BCUT2D eigenvalue weighted by atomic mass is 32.1. The van der Waals surface area contributed by atoms with Gasteiger partial charge in [0.25, 0.3) is 0 Å². The largest absolute Gasteiger partial charge is 0.356 e. The molecule has 0 fully saturated rings. The van der Waals surface area contributed by atoms with E-state index in [1.165, 1.54) is 57.6 Å². The van der Waals surface area contributed by atoms with Crippen LogP contribution in [0.5, 0.6) is 0 Å². The van der Waals surface area contributed by atoms with Crippen LogP contribution in [0.1, 0.15) is 35.6 Å². The van der Waals surface area contributed by atoms with Gasteiger partial charge in [-0.3, -0.25) is 5.41 Å². The van der Waals surface area contributed by atoms with Crippen LogP contribution in [0.25, 0.3) is 112 Å². The van der Waals surface area contributed by atoms with Gasteiger partial charge in [0.15, 0.2) is 5.84 Å². The topological polar surface area (TPSA) is 44.4 Å². The lowest BCUT2D eigenvalue weighted by Gasteiger charge is -2.44. The van der Waals surface area contributed by atoms with Crippen molar-refractivity contribution in [3.63, 3.8) is 0 Å². The van der Waals surface area contributed by atoms with E-state index < -0.39 is 5.54 Å². The Morgan fingerprint density at radius 2 is 0.830 bits per heavy atom. The summed E-state index contributed by atoms with van der Waals surface area (Å²) in [7, 11) is 2.22. The van der Waals surface area contributed by atoms with Crippen molar-refractivity contribution in [2.45, 2.75) is 25.3 Å². The third kappa shape index (κ3) is 9.72. The van der Waals surface area contributed by atoms with Crippen molar-refractivity contribution in [3.8, 4) is 44.5 Å². The molecule has 1 atom stereocenters. The number of fused-ring (bicyclic) bond motifs is 9. The Labute approximate surface area is 521 Å². The summed E-state index contributed by atoms with van der Waals surface area (Å²) in [5.74, 6) is 0.915. The normalized spacial score (nSPS) is 12.8. The van der Waals surface area contributed by atoms with Crippen LogP contribution in [0.4, 0.5) is 0 Å². The minimum Gasteiger partial charge on any atom is -0.356 e. The van der Waals surface area contributed by atoms with E-state index in [2.05, 4.69) is 321 Å². The average Bonchev–Trinajstić information content (AvgIpc) is 1.55. The molecule has 0 aliphatic heterocycles. The zero-order chi connectivity index (χ0) is 59.1. The monoisotopic (exact) mass is 1170 g/mol. The zero-order valence-electron chi connectivity index (χ0n) is 49.1. The highest BCUT2D eigenvalue weighted by Gasteiger charge is 2.43. The third-order valence-corrected chi connectivity index (χ3v) is 19.8. The molecule has 6 heteroatoms. The Morgan fingerprint density at radius 3 is 1.32 bits per heavy atom. The molecule has 0 aliphatic rings. The number of benzene rings is 12. The van der Waals surface area contributed by atoms with Crippen LogP contribution in [-0.4, -0.2) is 34.7 Å². The molecule has 0 spiro atoms. The molecule has 0 amide bonds. The first-order valence-corrected chi connectivity index (χ1v) is 31.9. The molecule has 88 heavy (non-hydrogen) atoms. The van der Waals surface area contributed by atoms with E-state index in [0.29, 0.717) is 18.8 Å². The summed E-state index contributed by atoms with van der Waals surface area (Å²) >= 11 is 3.57. The molecule has 3 heterocycles. The van der Waals surface area contributed by atoms with Gasteiger partial charge in [-0.05, 0) is 80.8 Å². The van der Waals surface area contributed by atoms with Crippen LogP contribution in [0.2, 0.25) is 0 Å². The van der Waals surface area contributed by atoms with Crippen molar-refractivity contribution in [1.29, 1.82) is 5.41 Å². The van der Waals surface area contributed by atoms with E-state index in [1.807, 2.05) is 11.3 Å². The van der Waals surface area contributed by atoms with Crippen LogP contribution in [0, 0.1) is 5.41 Å². The Balaban J connectivity index is 1.10. The molecule has 12 aromatic carbocycles. The van der Waals surface area contributed by atoms with Crippen molar-refractivity contribution in [3.05, 3.63) is 320 Å². The summed E-state index contributed by atoms with van der Waals surface area (Å²) in [5.41, 5.74) is 15.7. The maximum atomic E-state index is 10.2. The fourth-order valence-corrected chi connectivity index (χ4v) is 16.0. The standard InChI is InChI=1S/C82H62N4S2/c1-3-26-71(60-37-20-9-21-38-60)82(53-55-27-10-4-11-28-55,54-85(2)81(62-44-46-70-68-40-23-25-42-73(68)88-75(70)52-62)84-80(83)61-43-45-69-67-39-22-24-41-72(67)87-74(69)51-61)86-78-65(58-33-16-7-17-34-58)49-47-63(56-29-12-5-13-30-56)76(78)77-64(57-31-14-6-15-32-57)48-50-66(79(77)86)59-35-18-8-19-36-59/h4-52,83H,3,53-54H2,1-2H3/b71-26-,83-80?,84-81?. The summed E-state index contributed by atoms with van der Waals surface area (Å²) in [6, 6.07) is 106. The smallest absolute Gasteiger partial charge is 0.154 e. The molecule has 3 aromatic heterocycles. The Bertz CT molecular complexity index is 5000. The number of aromatic nitrogens is 1. The maximum absolute atomic E-state index is 10.2. The second kappa shape index (κ2) is 23.2. The Hall–Kier alpha value is -10.2. The molecule has 0 aliphatic carbocycles. The minimum absolute atomic E-state index is 0.202. The van der Waals surface area contributed by atoms with Gasteiger partial charge in [-0.1, -0.05) is 280 Å². The van der Waals surface area contributed by atoms with E-state index in [-0.39, 0.29) is 5.84 Å². The molecule has 1 unspecified atom stereocenters. The lowest BCUT2D eigenvalue weighted by molar-refractivity contribution is 0.311. The third-order valence-electron chi connectivity index (χ3n) is 17.5. The highest BCUT2D eigenvalue weighted by molar-refractivity contribution is 7.26. The van der Waals surface area contributed by atoms with E-state index in [9.17, 15) is 5.41 Å². The number of allylic oxidation sites excluding steroid dienone is 1. The van der Waals surface area contributed by atoms with Gasteiger partial charge in [0.2, 0.25) is 0 Å². The molecule has 1 N–H and O–H groups in total. The lowest BCUT2D eigenvalue weighted by Crippen LogP contribution is -2.49. The highest BCUT2D eigenvalue weighted by Crippen LogP contribution is 2.53. The summed E-state index contributed by atoms with van der Waals surface area (Å²) in [5, 5.41) is 17.5. The van der Waals surface area contributed by atoms with Crippen molar-refractivity contribution < 1.29 is 0 Å². The summed E-state index contributed by atoms with van der Waals surface area (Å²) in [6.07, 6.45) is 3.87. The van der Waals surface area contributed by atoms with Gasteiger partial charge in [0.1, 0.15) is 5.84 Å². The van der Waals surface area contributed by atoms with Crippen LogP contribution >= 0.6 is 22.7 Å². The van der Waals surface area contributed by atoms with E-state index in [0.717, 1.165) is 83.4 Å². The number of rotatable bonds is 14. The van der Waals surface area contributed by atoms with Gasteiger partial charge < -0.3 is 9.47 Å². The van der Waals surface area contributed by atoms with Crippen LogP contribution in [0.15, 0.2) is 302 Å². The van der Waals surface area contributed by atoms with Crippen LogP contribution in [-0.2, 0) is 12.0 Å². The molecule has 0 radical (unpaired) electrons. The molecule has 4 nitrogen and oxygen atoms in total. The number of thiophene rings is 2. The van der Waals surface area contributed by atoms with E-state index in [1.54, 1.807) is 11.3 Å². The molecule has 0 bridgehead atoms. The predicted octanol–water partition coefficient (Wildman–Crippen LogP) is 22.0. The van der Waals surface area contributed by atoms with Gasteiger partial charge in [-0.15, -0.1) is 22.7 Å². The SMILES string of the molecule is CC/C=C(/c1ccccc1)C(Cc1ccccc1)(CN(C)C(=NC(=N)c1ccc2c(c1)sc1ccccc12)c1ccc2c(c1)sc1ccccc12)n1c2c(-c3ccccc3)ccc(-c3ccccc3)c2c2c(-c3ccccc3)ccc(-c3ccccc3)c21. The average molecular weight is 1170 g/mol. The first-order valence-electron chi connectivity index (χ1n) is 30.3. The lowest BCUT2D eigenvalue weighted by atomic mass is 9.77. The van der Waals surface area contributed by atoms with Crippen molar-refractivity contribution in [2.75, 3.05) is 13.6 Å². The number of nitrogens with zero attached hydrogens (tertiary/aromatic N) is 3. The van der Waals surface area contributed by atoms with Gasteiger partial charge in [-0.25, -0.2) is 4.99 Å². The fourth-order valence-electron chi connectivity index (χ4n) is 13.7. The van der Waals surface area contributed by atoms with E-state index >= 15 is 0 Å². The summed E-state index contributed by atoms with van der Waals surface area (Å²) in [4.78, 5) is 8.05. The quantitative estimate of drug-likeness (QED) is 0.0856. The summed E-state index contributed by atoms with van der Waals surface area (Å²) < 4.78 is 7.60. The Morgan fingerprint density at radius 1 is 0.432 bits per heavy atom. The number of nitrogens with one attached hydrogen (secondary N) is 1. The van der Waals surface area contributed by atoms with Gasteiger partial charge in [0.05, 0.1) is 16.6 Å². The second-order valence-corrected chi connectivity index (χ2v) is 25.1. The molecule has 15 aromatic rings. The number of hydrogen-bond donors (Lipinski definition) is 1. The Kier molecular flexibility index (Phi) is 14.4. The number of likely N-dealkylation sites (N-methyl/N-ethyl adjacent to an activating group) is 1.